The summed E-state index contributed by atoms with van der Waals surface area (Å²) in [6.45, 7) is 4.14. The Morgan fingerprint density at radius 1 is 0.844 bits per heavy atom. The lowest BCUT2D eigenvalue weighted by Crippen LogP contribution is -2.13. The average Bonchev–Trinajstić information content (AvgIpc) is 3.30. The summed E-state index contributed by atoms with van der Waals surface area (Å²) >= 11 is 0. The number of sulfone groups is 1. The van der Waals surface area contributed by atoms with E-state index in [4.69, 9.17) is 4.42 Å². The van der Waals surface area contributed by atoms with Gasteiger partial charge in [-0.25, -0.2) is 8.42 Å². The van der Waals surface area contributed by atoms with E-state index in [1.54, 1.807) is 50.5 Å². The Hall–Kier alpha value is -3.36. The molecule has 0 aliphatic carbocycles. The lowest BCUT2D eigenvalue weighted by atomic mass is 10.1. The molecule has 0 aliphatic rings. The Morgan fingerprint density at radius 3 is 2.06 bits per heavy atom. The lowest BCUT2D eigenvalue weighted by molar-refractivity contribution is 0.584. The molecule has 7 nitrogen and oxygen atoms in total. The summed E-state index contributed by atoms with van der Waals surface area (Å²) in [7, 11) is -1.40. The first-order chi connectivity index (χ1) is 15.4. The second kappa shape index (κ2) is 9.02. The second-order valence-corrected chi connectivity index (χ2v) is 10.2. The minimum Gasteiger partial charge on any atom is -0.416 e. The number of nitrogens with zero attached hydrogens (tertiary/aromatic N) is 3. The molecule has 0 atom stereocenters. The number of rotatable bonds is 7. The largest absolute Gasteiger partial charge is 0.416 e. The molecule has 0 spiro atoms. The highest BCUT2D eigenvalue weighted by Crippen LogP contribution is 2.28. The molecule has 0 bridgehead atoms. The molecule has 0 unspecified atom stereocenters. The fourth-order valence-electron chi connectivity index (χ4n) is 3.25. The van der Waals surface area contributed by atoms with Crippen LogP contribution >= 0.6 is 0 Å². The van der Waals surface area contributed by atoms with E-state index >= 15 is 0 Å². The van der Waals surface area contributed by atoms with Gasteiger partial charge in [-0.2, -0.15) is 0 Å². The Balaban J connectivity index is 1.59. The fourth-order valence-corrected chi connectivity index (χ4v) is 4.31. The number of pyridine rings is 1. The predicted octanol–water partition coefficient (Wildman–Crippen LogP) is 4.37. The molecule has 8 heteroatoms. The van der Waals surface area contributed by atoms with Crippen LogP contribution in [0.1, 0.15) is 19.4 Å². The van der Waals surface area contributed by atoms with E-state index in [1.807, 2.05) is 37.4 Å². The van der Waals surface area contributed by atoms with Gasteiger partial charge in [-0.15, -0.1) is 10.2 Å². The van der Waals surface area contributed by atoms with Crippen LogP contribution < -0.4 is 5.32 Å². The molecule has 1 N–H and O–H groups in total. The Kier molecular flexibility index (Phi) is 6.16. The van der Waals surface area contributed by atoms with Gasteiger partial charge in [-0.1, -0.05) is 24.3 Å². The molecule has 4 rings (SSSR count). The monoisotopic (exact) mass is 448 g/mol. The maximum atomic E-state index is 12.3. The normalized spacial score (nSPS) is 11.8. The minimum atomic E-state index is -3.31. The van der Waals surface area contributed by atoms with Crippen molar-refractivity contribution in [3.63, 3.8) is 0 Å². The van der Waals surface area contributed by atoms with Gasteiger partial charge in [-0.3, -0.25) is 4.98 Å². The second-order valence-electron chi connectivity index (χ2n) is 7.72. The SMILES string of the molecule is CNCc1ccc(-c2nnc(-c3cncc(-c4ccc(S(=O)(=O)C(C)C)cc4)c3)o2)cc1. The lowest BCUT2D eigenvalue weighted by Gasteiger charge is -2.09. The van der Waals surface area contributed by atoms with Crippen molar-refractivity contribution in [2.75, 3.05) is 7.05 Å². The van der Waals surface area contributed by atoms with Gasteiger partial charge in [0, 0.05) is 30.1 Å². The van der Waals surface area contributed by atoms with E-state index < -0.39 is 15.1 Å². The zero-order valence-corrected chi connectivity index (χ0v) is 18.9. The molecule has 0 aliphatic heterocycles. The van der Waals surface area contributed by atoms with Gasteiger partial charge < -0.3 is 9.73 Å². The third-order valence-corrected chi connectivity index (χ3v) is 7.30. The zero-order valence-electron chi connectivity index (χ0n) is 18.1. The number of hydrogen-bond acceptors (Lipinski definition) is 7. The van der Waals surface area contributed by atoms with Crippen LogP contribution in [0.4, 0.5) is 0 Å². The van der Waals surface area contributed by atoms with Crippen molar-refractivity contribution in [1.29, 1.82) is 0 Å². The first-order valence-corrected chi connectivity index (χ1v) is 11.8. The quantitative estimate of drug-likeness (QED) is 0.448. The van der Waals surface area contributed by atoms with Gasteiger partial charge >= 0.3 is 0 Å². The van der Waals surface area contributed by atoms with E-state index in [0.29, 0.717) is 22.2 Å². The molecule has 0 saturated carbocycles. The van der Waals surface area contributed by atoms with Gasteiger partial charge in [0.05, 0.1) is 15.7 Å². The van der Waals surface area contributed by atoms with E-state index in [0.717, 1.165) is 23.2 Å². The highest BCUT2D eigenvalue weighted by molar-refractivity contribution is 7.92. The highest BCUT2D eigenvalue weighted by Gasteiger charge is 2.19. The van der Waals surface area contributed by atoms with E-state index in [2.05, 4.69) is 20.5 Å². The number of aromatic nitrogens is 3. The Bertz CT molecular complexity index is 1310. The van der Waals surface area contributed by atoms with Gasteiger partial charge in [0.1, 0.15) is 0 Å². The summed E-state index contributed by atoms with van der Waals surface area (Å²) in [5.41, 5.74) is 4.37. The van der Waals surface area contributed by atoms with E-state index in [-0.39, 0.29) is 0 Å². The highest BCUT2D eigenvalue weighted by atomic mass is 32.2. The van der Waals surface area contributed by atoms with Gasteiger partial charge in [0.2, 0.25) is 11.8 Å². The first kappa shape index (κ1) is 21.9. The van der Waals surface area contributed by atoms with Crippen LogP contribution in [0.5, 0.6) is 0 Å². The molecule has 0 fully saturated rings. The van der Waals surface area contributed by atoms with Crippen molar-refractivity contribution in [2.24, 2.45) is 0 Å². The summed E-state index contributed by atoms with van der Waals surface area (Å²) in [6.07, 6.45) is 3.38. The number of benzene rings is 2. The van der Waals surface area contributed by atoms with Gasteiger partial charge in [-0.05, 0) is 62.4 Å². The molecule has 2 aromatic heterocycles. The fraction of sp³-hybridized carbons (Fsp3) is 0.208. The van der Waals surface area contributed by atoms with Crippen molar-refractivity contribution >= 4 is 9.84 Å². The minimum absolute atomic E-state index is 0.308. The summed E-state index contributed by atoms with van der Waals surface area (Å²) < 4.78 is 30.6. The van der Waals surface area contributed by atoms with Crippen molar-refractivity contribution in [1.82, 2.24) is 20.5 Å². The van der Waals surface area contributed by atoms with Crippen LogP contribution in [-0.4, -0.2) is 35.9 Å². The Morgan fingerprint density at radius 2 is 1.44 bits per heavy atom. The molecular weight excluding hydrogens is 424 g/mol. The van der Waals surface area contributed by atoms with Crippen molar-refractivity contribution in [2.45, 2.75) is 30.5 Å². The summed E-state index contributed by atoms with van der Waals surface area (Å²) in [6, 6.07) is 16.6. The zero-order chi connectivity index (χ0) is 22.7. The molecule has 164 valence electrons. The molecule has 4 aromatic rings. The molecule has 32 heavy (non-hydrogen) atoms. The maximum absolute atomic E-state index is 12.3. The average molecular weight is 449 g/mol. The standard InChI is InChI=1S/C24H24N4O3S/c1-16(2)32(29,30)22-10-8-18(9-11-22)20-12-21(15-26-14-20)24-28-27-23(31-24)19-6-4-17(5-7-19)13-25-3/h4-12,14-16,25H,13H2,1-3H3. The van der Waals surface area contributed by atoms with Crippen LogP contribution in [0.25, 0.3) is 34.0 Å². The molecule has 2 aromatic carbocycles. The third-order valence-electron chi connectivity index (χ3n) is 5.13. The van der Waals surface area contributed by atoms with Crippen LogP contribution in [0, 0.1) is 0 Å². The number of nitrogens with one attached hydrogen (secondary N) is 1. The first-order valence-electron chi connectivity index (χ1n) is 10.3. The van der Waals surface area contributed by atoms with Crippen molar-refractivity contribution in [3.8, 4) is 34.0 Å². The van der Waals surface area contributed by atoms with Crippen molar-refractivity contribution in [3.05, 3.63) is 72.6 Å². The van der Waals surface area contributed by atoms with Crippen molar-refractivity contribution < 1.29 is 12.8 Å². The van der Waals surface area contributed by atoms with Gasteiger partial charge in [0.15, 0.2) is 9.84 Å². The summed E-state index contributed by atoms with van der Waals surface area (Å²) in [5.74, 6) is 0.803. The number of hydrogen-bond donors (Lipinski definition) is 1. The Labute approximate surface area is 187 Å². The molecule has 2 heterocycles. The van der Waals surface area contributed by atoms with Crippen LogP contribution in [-0.2, 0) is 16.4 Å². The smallest absolute Gasteiger partial charge is 0.249 e. The van der Waals surface area contributed by atoms with Gasteiger partial charge in [0.25, 0.3) is 0 Å². The van der Waals surface area contributed by atoms with Crippen LogP contribution in [0.15, 0.2) is 76.3 Å². The predicted molar refractivity (Wildman–Crippen MR) is 123 cm³/mol. The molecule has 0 radical (unpaired) electrons. The molecule has 0 amide bonds. The summed E-state index contributed by atoms with van der Waals surface area (Å²) in [5, 5.41) is 11.0. The van der Waals surface area contributed by atoms with Crippen LogP contribution in [0.2, 0.25) is 0 Å². The molecule has 0 saturated heterocycles. The topological polar surface area (TPSA) is 98.0 Å². The van der Waals surface area contributed by atoms with E-state index in [9.17, 15) is 8.42 Å². The third kappa shape index (κ3) is 4.46. The molecular formula is C24H24N4O3S. The maximum Gasteiger partial charge on any atom is 0.249 e. The van der Waals surface area contributed by atoms with Crippen LogP contribution in [0.3, 0.4) is 0 Å². The van der Waals surface area contributed by atoms with E-state index in [1.165, 1.54) is 5.56 Å². The summed E-state index contributed by atoms with van der Waals surface area (Å²) in [4.78, 5) is 4.61.